The Labute approximate surface area is 272 Å². The van der Waals surface area contributed by atoms with Gasteiger partial charge in [0.2, 0.25) is 0 Å². The van der Waals surface area contributed by atoms with Crippen molar-refractivity contribution in [3.05, 3.63) is 82.9 Å². The van der Waals surface area contributed by atoms with Gasteiger partial charge in [-0.1, -0.05) is 102 Å². The van der Waals surface area contributed by atoms with Gasteiger partial charge in [-0.2, -0.15) is 16.8 Å². The number of allylic oxidation sites excluding steroid dienone is 2. The van der Waals surface area contributed by atoms with Crippen LogP contribution in [0.1, 0.15) is 78.4 Å². The van der Waals surface area contributed by atoms with Crippen molar-refractivity contribution in [3.8, 4) is 0 Å². The van der Waals surface area contributed by atoms with E-state index in [0.29, 0.717) is 36.8 Å². The zero-order valence-electron chi connectivity index (χ0n) is 27.3. The van der Waals surface area contributed by atoms with E-state index >= 15 is 0 Å². The Morgan fingerprint density at radius 3 is 1.15 bits per heavy atom. The molecule has 10 heteroatoms. The van der Waals surface area contributed by atoms with Crippen molar-refractivity contribution in [3.63, 3.8) is 0 Å². The molecule has 0 radical (unpaired) electrons. The Kier molecular flexibility index (Phi) is 8.08. The third kappa shape index (κ3) is 4.98. The summed E-state index contributed by atoms with van der Waals surface area (Å²) >= 11 is 0. The van der Waals surface area contributed by atoms with Crippen molar-refractivity contribution in [1.29, 1.82) is 0 Å². The topological polar surface area (TPSA) is 143 Å². The van der Waals surface area contributed by atoms with E-state index in [1.807, 2.05) is 102 Å². The van der Waals surface area contributed by atoms with Gasteiger partial charge < -0.3 is 0 Å². The summed E-state index contributed by atoms with van der Waals surface area (Å²) in [7, 11) is -8.38. The molecule has 4 fully saturated rings. The molecule has 4 aliphatic rings. The molecule has 4 aliphatic carbocycles. The van der Waals surface area contributed by atoms with Crippen LogP contribution in [-0.4, -0.2) is 49.0 Å². The Morgan fingerprint density at radius 2 is 0.870 bits per heavy atom. The van der Waals surface area contributed by atoms with E-state index < -0.39 is 64.2 Å². The highest BCUT2D eigenvalue weighted by atomic mass is 32.2. The number of hydrogen-bond acceptors (Lipinski definition) is 6. The molecule has 4 saturated carbocycles. The highest BCUT2D eigenvalue weighted by Crippen LogP contribution is 2.74. The third-order valence-electron chi connectivity index (χ3n) is 12.9. The molecule has 2 aromatic carbocycles. The highest BCUT2D eigenvalue weighted by molar-refractivity contribution is 7.86. The quantitative estimate of drug-likeness (QED) is 0.256. The fourth-order valence-corrected chi connectivity index (χ4v) is 11.7. The minimum atomic E-state index is -4.19. The average molecular weight is 669 g/mol. The molecule has 0 spiro atoms. The maximum Gasteiger partial charge on any atom is 0.265 e. The predicted octanol–water partition coefficient (Wildman–Crippen LogP) is 6.71. The molecular weight excluding hydrogens is 625 g/mol. The molecule has 46 heavy (non-hydrogen) atoms. The standard InChI is InChI=1S/2C18H22O4S/c2*1-16(2)17(3)9-10-18(16,12-23(20,21)22)14(15(17)19)11-13-7-5-4-6-8-13/h2*4-8,11H,9-10,12H2,1-3H3,(H,20,21,22). The van der Waals surface area contributed by atoms with E-state index in [9.17, 15) is 35.5 Å². The van der Waals surface area contributed by atoms with E-state index in [1.165, 1.54) is 0 Å². The Morgan fingerprint density at radius 1 is 0.565 bits per heavy atom. The molecule has 0 heterocycles. The number of ketones is 2. The number of carbonyl (C=O) groups is 2. The van der Waals surface area contributed by atoms with Crippen LogP contribution in [0.4, 0.5) is 0 Å². The van der Waals surface area contributed by atoms with Gasteiger partial charge in [0.25, 0.3) is 20.2 Å². The minimum absolute atomic E-state index is 0.0150. The summed E-state index contributed by atoms with van der Waals surface area (Å²) < 4.78 is 65.8. The summed E-state index contributed by atoms with van der Waals surface area (Å²) in [6, 6.07) is 18.9. The van der Waals surface area contributed by atoms with Crippen LogP contribution >= 0.6 is 0 Å². The largest absolute Gasteiger partial charge is 0.294 e. The minimum Gasteiger partial charge on any atom is -0.294 e. The molecule has 248 valence electrons. The van der Waals surface area contributed by atoms with Gasteiger partial charge >= 0.3 is 0 Å². The van der Waals surface area contributed by atoms with Crippen LogP contribution in [0.2, 0.25) is 0 Å². The molecule has 4 atom stereocenters. The van der Waals surface area contributed by atoms with Crippen molar-refractivity contribution >= 4 is 44.0 Å². The maximum atomic E-state index is 13.1. The van der Waals surface area contributed by atoms with Gasteiger partial charge in [0.1, 0.15) is 0 Å². The van der Waals surface area contributed by atoms with Gasteiger partial charge in [-0.15, -0.1) is 0 Å². The van der Waals surface area contributed by atoms with Crippen molar-refractivity contribution < 1.29 is 35.5 Å². The predicted molar refractivity (Wildman–Crippen MR) is 179 cm³/mol. The third-order valence-corrected chi connectivity index (χ3v) is 14.6. The van der Waals surface area contributed by atoms with Gasteiger partial charge in [0.15, 0.2) is 11.6 Å². The van der Waals surface area contributed by atoms with E-state index in [4.69, 9.17) is 0 Å². The van der Waals surface area contributed by atoms with Crippen LogP contribution in [0, 0.1) is 32.5 Å². The second-order valence-corrected chi connectivity index (χ2v) is 18.0. The van der Waals surface area contributed by atoms with E-state index in [1.54, 1.807) is 12.2 Å². The lowest BCUT2D eigenvalue weighted by Gasteiger charge is -2.39. The van der Waals surface area contributed by atoms with Crippen molar-refractivity contribution in [2.45, 2.75) is 67.2 Å². The zero-order chi connectivity index (χ0) is 34.2. The number of benzene rings is 2. The lowest BCUT2D eigenvalue weighted by molar-refractivity contribution is -0.126. The molecule has 0 aromatic heterocycles. The summed E-state index contributed by atoms with van der Waals surface area (Å²) in [6.07, 6.45) is 6.11. The molecule has 8 nitrogen and oxygen atoms in total. The zero-order valence-corrected chi connectivity index (χ0v) is 29.0. The maximum absolute atomic E-state index is 13.1. The Balaban J connectivity index is 0.000000181. The Bertz CT molecular complexity index is 1720. The van der Waals surface area contributed by atoms with E-state index in [2.05, 4.69) is 0 Å². The lowest BCUT2D eigenvalue weighted by atomic mass is 9.65. The fraction of sp³-hybridized carbons (Fsp3) is 0.500. The van der Waals surface area contributed by atoms with Crippen molar-refractivity contribution in [2.75, 3.05) is 11.5 Å². The first-order valence-electron chi connectivity index (χ1n) is 15.6. The number of Topliss-reactive ketones (excluding diaryl/α,β-unsaturated/α-hetero) is 2. The lowest BCUT2D eigenvalue weighted by Crippen LogP contribution is -2.40. The van der Waals surface area contributed by atoms with Gasteiger partial charge in [-0.05, 0) is 59.8 Å². The first-order valence-corrected chi connectivity index (χ1v) is 18.8. The molecular formula is C36H44O8S2. The fourth-order valence-electron chi connectivity index (χ4n) is 9.12. The number of carbonyl (C=O) groups excluding carboxylic acids is 2. The van der Waals surface area contributed by atoms with Crippen LogP contribution in [0.5, 0.6) is 0 Å². The van der Waals surface area contributed by atoms with Gasteiger partial charge in [0, 0.05) is 32.8 Å². The number of rotatable bonds is 6. The molecule has 4 bridgehead atoms. The van der Waals surface area contributed by atoms with Gasteiger partial charge in [0.05, 0.1) is 11.5 Å². The van der Waals surface area contributed by atoms with Crippen LogP contribution < -0.4 is 0 Å². The van der Waals surface area contributed by atoms with Crippen LogP contribution in [-0.2, 0) is 29.8 Å². The molecule has 4 unspecified atom stereocenters. The SMILES string of the molecule is CC12CCC(CS(=O)(=O)O)(C(=Cc3ccccc3)C1=O)C2(C)C.CC12CCC(CS(=O)(=O)O)(C(=Cc3ccccc3)C1=O)C2(C)C. The highest BCUT2D eigenvalue weighted by Gasteiger charge is 2.74. The normalized spacial score (nSPS) is 34.3. The molecule has 6 rings (SSSR count). The molecule has 0 aliphatic heterocycles. The summed E-state index contributed by atoms with van der Waals surface area (Å²) in [5, 5.41) is 0. The average Bonchev–Trinajstić information content (AvgIpc) is 3.37. The number of hydrogen-bond donors (Lipinski definition) is 2. The van der Waals surface area contributed by atoms with Crippen LogP contribution in [0.25, 0.3) is 12.2 Å². The van der Waals surface area contributed by atoms with Crippen molar-refractivity contribution in [1.82, 2.24) is 0 Å². The molecule has 0 amide bonds. The molecule has 0 saturated heterocycles. The van der Waals surface area contributed by atoms with Crippen molar-refractivity contribution in [2.24, 2.45) is 32.5 Å². The van der Waals surface area contributed by atoms with Crippen LogP contribution in [0.15, 0.2) is 71.8 Å². The summed E-state index contributed by atoms with van der Waals surface area (Å²) in [5.74, 6) is -0.762. The monoisotopic (exact) mass is 668 g/mol. The summed E-state index contributed by atoms with van der Waals surface area (Å²) in [6.45, 7) is 11.7. The molecule has 2 aromatic rings. The molecule has 2 N–H and O–H groups in total. The van der Waals surface area contributed by atoms with E-state index in [0.717, 1.165) is 11.1 Å². The smallest absolute Gasteiger partial charge is 0.265 e. The van der Waals surface area contributed by atoms with E-state index in [-0.39, 0.29) is 11.6 Å². The first kappa shape index (κ1) is 34.4. The summed E-state index contributed by atoms with van der Waals surface area (Å²) in [5.41, 5.74) is -1.04. The van der Waals surface area contributed by atoms with Crippen LogP contribution in [0.3, 0.4) is 0 Å². The summed E-state index contributed by atoms with van der Waals surface area (Å²) in [4.78, 5) is 26.1. The second kappa shape index (κ2) is 10.8. The first-order chi connectivity index (χ1) is 21.1. The Hall–Kier alpha value is -2.92. The van der Waals surface area contributed by atoms with Gasteiger partial charge in [-0.3, -0.25) is 18.7 Å². The van der Waals surface area contributed by atoms with Gasteiger partial charge in [-0.25, -0.2) is 0 Å². The second-order valence-electron chi connectivity index (χ2n) is 15.1. The number of fused-ring (bicyclic) bond motifs is 4.